The third-order valence-corrected chi connectivity index (χ3v) is 3.87. The molecule has 0 aliphatic carbocycles. The van der Waals surface area contributed by atoms with E-state index in [-0.39, 0.29) is 6.04 Å². The van der Waals surface area contributed by atoms with Gasteiger partial charge in [-0.1, -0.05) is 37.6 Å². The van der Waals surface area contributed by atoms with Gasteiger partial charge in [-0.05, 0) is 50.1 Å². The van der Waals surface area contributed by atoms with Crippen LogP contribution >= 0.6 is 11.6 Å². The quantitative estimate of drug-likeness (QED) is 0.830. The van der Waals surface area contributed by atoms with Crippen LogP contribution in [0, 0.1) is 0 Å². The molecule has 1 heterocycles. The fourth-order valence-electron chi connectivity index (χ4n) is 2.48. The van der Waals surface area contributed by atoms with Crippen LogP contribution in [0.4, 0.5) is 0 Å². The Hall–Kier alpha value is -1.32. The molecule has 0 aliphatic rings. The van der Waals surface area contributed by atoms with E-state index < -0.39 is 0 Å². The van der Waals surface area contributed by atoms with E-state index >= 15 is 0 Å². The van der Waals surface area contributed by atoms with Crippen LogP contribution in [0.3, 0.4) is 0 Å². The largest absolute Gasteiger partial charge is 0.305 e. The summed E-state index contributed by atoms with van der Waals surface area (Å²) in [6, 6.07) is 10.5. The van der Waals surface area contributed by atoms with Crippen LogP contribution in [-0.2, 0) is 13.0 Å². The molecule has 0 aliphatic heterocycles. The van der Waals surface area contributed by atoms with Gasteiger partial charge in [0.05, 0.1) is 17.4 Å². The highest BCUT2D eigenvalue weighted by atomic mass is 35.5. The number of rotatable bonds is 7. The Morgan fingerprint density at radius 3 is 2.48 bits per heavy atom. The van der Waals surface area contributed by atoms with Crippen LogP contribution < -0.4 is 5.32 Å². The van der Waals surface area contributed by atoms with Gasteiger partial charge in [0.1, 0.15) is 0 Å². The zero-order chi connectivity index (χ0) is 15.2. The van der Waals surface area contributed by atoms with Crippen LogP contribution in [0.1, 0.15) is 50.2 Å². The molecule has 0 spiro atoms. The number of hydrogen-bond donors (Lipinski definition) is 1. The van der Waals surface area contributed by atoms with E-state index in [4.69, 9.17) is 11.6 Å². The van der Waals surface area contributed by atoms with Crippen molar-refractivity contribution in [3.05, 3.63) is 52.3 Å². The van der Waals surface area contributed by atoms with Gasteiger partial charge in [-0.2, -0.15) is 5.10 Å². The van der Waals surface area contributed by atoms with Gasteiger partial charge in [0.25, 0.3) is 0 Å². The topological polar surface area (TPSA) is 29.9 Å². The van der Waals surface area contributed by atoms with Crippen molar-refractivity contribution < 1.29 is 0 Å². The molecule has 4 heteroatoms. The van der Waals surface area contributed by atoms with Gasteiger partial charge in [-0.25, -0.2) is 0 Å². The van der Waals surface area contributed by atoms with Gasteiger partial charge in [0.2, 0.25) is 0 Å². The first-order valence-corrected chi connectivity index (χ1v) is 8.12. The summed E-state index contributed by atoms with van der Waals surface area (Å²) in [5.41, 5.74) is 3.60. The molecule has 2 aromatic rings. The zero-order valence-corrected chi connectivity index (χ0v) is 13.8. The lowest BCUT2D eigenvalue weighted by Crippen LogP contribution is -2.25. The van der Waals surface area contributed by atoms with Gasteiger partial charge in [-0.15, -0.1) is 0 Å². The van der Waals surface area contributed by atoms with Crippen LogP contribution in [0.5, 0.6) is 0 Å². The average Bonchev–Trinajstić information content (AvgIpc) is 2.92. The highest BCUT2D eigenvalue weighted by Crippen LogP contribution is 2.24. The van der Waals surface area contributed by atoms with Crippen molar-refractivity contribution in [2.45, 2.75) is 46.2 Å². The lowest BCUT2D eigenvalue weighted by Gasteiger charge is -2.20. The van der Waals surface area contributed by atoms with Crippen molar-refractivity contribution in [3.63, 3.8) is 0 Å². The minimum Gasteiger partial charge on any atom is -0.305 e. The van der Waals surface area contributed by atoms with Crippen molar-refractivity contribution in [2.75, 3.05) is 6.54 Å². The Kier molecular flexibility index (Phi) is 5.83. The summed E-state index contributed by atoms with van der Waals surface area (Å²) in [6.07, 6.45) is 2.06. The maximum absolute atomic E-state index is 6.01. The van der Waals surface area contributed by atoms with Crippen LogP contribution in [0.25, 0.3) is 0 Å². The summed E-state index contributed by atoms with van der Waals surface area (Å²) in [5, 5.41) is 9.07. The lowest BCUT2D eigenvalue weighted by atomic mass is 10.0. The van der Waals surface area contributed by atoms with Gasteiger partial charge in [0, 0.05) is 11.6 Å². The number of benzene rings is 1. The molecule has 1 N–H and O–H groups in total. The Labute approximate surface area is 132 Å². The second-order valence-corrected chi connectivity index (χ2v) is 5.60. The molecule has 2 rings (SSSR count). The van der Waals surface area contributed by atoms with Crippen LogP contribution in [0.15, 0.2) is 30.3 Å². The third-order valence-electron chi connectivity index (χ3n) is 3.62. The highest BCUT2D eigenvalue weighted by molar-refractivity contribution is 6.30. The monoisotopic (exact) mass is 305 g/mol. The Morgan fingerprint density at radius 2 is 1.90 bits per heavy atom. The van der Waals surface area contributed by atoms with E-state index in [0.29, 0.717) is 0 Å². The lowest BCUT2D eigenvalue weighted by molar-refractivity contribution is 0.528. The minimum atomic E-state index is 0.162. The normalized spacial score (nSPS) is 12.6. The third kappa shape index (κ3) is 3.86. The standard InChI is InChI=1S/C17H24ClN3/c1-4-11-19-17(13-7-9-14(18)10-8-13)16-12-15(5-2)20-21(16)6-3/h7-10,12,17,19H,4-6,11H2,1-3H3. The molecule has 0 bridgehead atoms. The maximum Gasteiger partial charge on any atom is 0.0748 e. The molecule has 0 saturated heterocycles. The average molecular weight is 306 g/mol. The van der Waals surface area contributed by atoms with E-state index in [9.17, 15) is 0 Å². The first kappa shape index (κ1) is 16.1. The van der Waals surface area contributed by atoms with E-state index in [0.717, 1.165) is 36.6 Å². The number of aromatic nitrogens is 2. The molecule has 0 amide bonds. The molecule has 1 aromatic carbocycles. The highest BCUT2D eigenvalue weighted by Gasteiger charge is 2.18. The number of aryl methyl sites for hydroxylation is 2. The van der Waals surface area contributed by atoms with Crippen LogP contribution in [0.2, 0.25) is 5.02 Å². The maximum atomic E-state index is 6.01. The van der Waals surface area contributed by atoms with Crippen molar-refractivity contribution in [1.82, 2.24) is 15.1 Å². The SMILES string of the molecule is CCCNC(c1ccc(Cl)cc1)c1cc(CC)nn1CC. The molecule has 1 aromatic heterocycles. The number of nitrogens with one attached hydrogen (secondary N) is 1. The van der Waals surface area contributed by atoms with Gasteiger partial charge < -0.3 is 5.32 Å². The van der Waals surface area contributed by atoms with Gasteiger partial charge >= 0.3 is 0 Å². The Balaban J connectivity index is 2.39. The molecular weight excluding hydrogens is 282 g/mol. The summed E-state index contributed by atoms with van der Waals surface area (Å²) in [4.78, 5) is 0. The minimum absolute atomic E-state index is 0.162. The van der Waals surface area contributed by atoms with Crippen molar-refractivity contribution in [3.8, 4) is 0 Å². The van der Waals surface area contributed by atoms with E-state index in [2.05, 4.69) is 54.1 Å². The van der Waals surface area contributed by atoms with Crippen LogP contribution in [-0.4, -0.2) is 16.3 Å². The predicted molar refractivity (Wildman–Crippen MR) is 88.9 cm³/mol. The fraction of sp³-hybridized carbons (Fsp3) is 0.471. The zero-order valence-electron chi connectivity index (χ0n) is 13.1. The summed E-state index contributed by atoms with van der Waals surface area (Å²) in [7, 11) is 0. The van der Waals surface area contributed by atoms with E-state index in [1.54, 1.807) is 0 Å². The number of nitrogens with zero attached hydrogens (tertiary/aromatic N) is 2. The fourth-order valence-corrected chi connectivity index (χ4v) is 2.61. The molecule has 0 radical (unpaired) electrons. The molecule has 0 fully saturated rings. The van der Waals surface area contributed by atoms with Crippen molar-refractivity contribution >= 4 is 11.6 Å². The van der Waals surface area contributed by atoms with E-state index in [1.807, 2.05) is 12.1 Å². The molecular formula is C17H24ClN3. The first-order chi connectivity index (χ1) is 10.2. The molecule has 114 valence electrons. The summed E-state index contributed by atoms with van der Waals surface area (Å²) in [6.45, 7) is 8.31. The Bertz CT molecular complexity index is 560. The number of hydrogen-bond acceptors (Lipinski definition) is 2. The van der Waals surface area contributed by atoms with Crippen molar-refractivity contribution in [2.24, 2.45) is 0 Å². The Morgan fingerprint density at radius 1 is 1.19 bits per heavy atom. The van der Waals surface area contributed by atoms with E-state index in [1.165, 1.54) is 11.3 Å². The van der Waals surface area contributed by atoms with Crippen molar-refractivity contribution in [1.29, 1.82) is 0 Å². The molecule has 1 unspecified atom stereocenters. The summed E-state index contributed by atoms with van der Waals surface area (Å²) >= 11 is 6.01. The van der Waals surface area contributed by atoms with Gasteiger partial charge in [0.15, 0.2) is 0 Å². The number of halogens is 1. The van der Waals surface area contributed by atoms with Gasteiger partial charge in [-0.3, -0.25) is 4.68 Å². The smallest absolute Gasteiger partial charge is 0.0748 e. The second kappa shape index (κ2) is 7.62. The molecule has 21 heavy (non-hydrogen) atoms. The summed E-state index contributed by atoms with van der Waals surface area (Å²) in [5.74, 6) is 0. The second-order valence-electron chi connectivity index (χ2n) is 5.17. The summed E-state index contributed by atoms with van der Waals surface area (Å²) < 4.78 is 2.10. The first-order valence-electron chi connectivity index (χ1n) is 7.75. The predicted octanol–water partition coefficient (Wildman–Crippen LogP) is 4.21. The molecule has 1 atom stereocenters. The molecule has 0 saturated carbocycles. The molecule has 3 nitrogen and oxygen atoms in total.